The topological polar surface area (TPSA) is 75.3 Å². The largest absolute Gasteiger partial charge is 0.383 e. The van der Waals surface area contributed by atoms with Crippen LogP contribution in [0.3, 0.4) is 0 Å². The quantitative estimate of drug-likeness (QED) is 0.810. The molecular weight excluding hydrogens is 240 g/mol. The van der Waals surface area contributed by atoms with Gasteiger partial charge in [0, 0.05) is 26.3 Å². The second-order valence-corrected chi connectivity index (χ2v) is 5.60. The summed E-state index contributed by atoms with van der Waals surface area (Å²) in [6.07, 6.45) is 1.46. The van der Waals surface area contributed by atoms with Crippen LogP contribution < -0.4 is 10.6 Å². The van der Waals surface area contributed by atoms with Crippen molar-refractivity contribution in [3.63, 3.8) is 0 Å². The fourth-order valence-electron chi connectivity index (χ4n) is 1.37. The van der Waals surface area contributed by atoms with Crippen molar-refractivity contribution in [1.29, 1.82) is 0 Å². The molecule has 0 aliphatic carbocycles. The summed E-state index contributed by atoms with van der Waals surface area (Å²) in [6, 6.07) is 6.63. The predicted octanol–water partition coefficient (Wildman–Crippen LogP) is 0.638. The summed E-state index contributed by atoms with van der Waals surface area (Å²) in [6.45, 7) is 0.395. The van der Waals surface area contributed by atoms with Crippen molar-refractivity contribution in [3.05, 3.63) is 24.3 Å². The molecule has 1 aromatic rings. The number of para-hydroxylation sites is 1. The van der Waals surface area contributed by atoms with Crippen LogP contribution in [-0.4, -0.2) is 34.2 Å². The Labute approximate surface area is 101 Å². The summed E-state index contributed by atoms with van der Waals surface area (Å²) < 4.78 is 23.0. The number of carbonyl (C=O) groups is 1. The normalized spacial score (nSPS) is 10.9. The minimum Gasteiger partial charge on any atom is -0.383 e. The fraction of sp³-hybridized carbons (Fsp3) is 0.364. The molecule has 1 rings (SSSR count). The van der Waals surface area contributed by atoms with Crippen molar-refractivity contribution in [2.24, 2.45) is 0 Å². The van der Waals surface area contributed by atoms with Crippen molar-refractivity contribution >= 4 is 21.4 Å². The van der Waals surface area contributed by atoms with Crippen molar-refractivity contribution in [2.75, 3.05) is 25.2 Å². The van der Waals surface area contributed by atoms with Crippen LogP contribution in [-0.2, 0) is 14.6 Å². The number of hydrogen-bond acceptors (Lipinski definition) is 4. The molecule has 1 aromatic carbocycles. The molecule has 0 saturated heterocycles. The van der Waals surface area contributed by atoms with Crippen LogP contribution in [0.1, 0.15) is 6.42 Å². The second kappa shape index (κ2) is 5.67. The molecule has 0 heterocycles. The molecule has 0 unspecified atom stereocenters. The molecule has 0 bridgehead atoms. The van der Waals surface area contributed by atoms with E-state index in [0.717, 1.165) is 6.26 Å². The van der Waals surface area contributed by atoms with E-state index < -0.39 is 9.84 Å². The van der Waals surface area contributed by atoms with E-state index in [9.17, 15) is 13.2 Å². The molecule has 94 valence electrons. The zero-order valence-electron chi connectivity index (χ0n) is 9.86. The number of carbonyl (C=O) groups excluding carboxylic acids is 1. The number of anilines is 1. The Bertz CT molecular complexity index is 497. The van der Waals surface area contributed by atoms with E-state index >= 15 is 0 Å². The first kappa shape index (κ1) is 13.5. The van der Waals surface area contributed by atoms with Gasteiger partial charge in [0.05, 0.1) is 10.6 Å². The lowest BCUT2D eigenvalue weighted by molar-refractivity contribution is -0.120. The fourth-order valence-corrected chi connectivity index (χ4v) is 2.24. The maximum Gasteiger partial charge on any atom is 0.221 e. The molecule has 1 amide bonds. The Hall–Kier alpha value is -1.56. The van der Waals surface area contributed by atoms with Gasteiger partial charge in [-0.25, -0.2) is 8.42 Å². The number of amides is 1. The van der Waals surface area contributed by atoms with Crippen LogP contribution >= 0.6 is 0 Å². The zero-order chi connectivity index (χ0) is 12.9. The molecule has 0 aromatic heterocycles. The highest BCUT2D eigenvalue weighted by atomic mass is 32.2. The summed E-state index contributed by atoms with van der Waals surface area (Å²) >= 11 is 0. The lowest BCUT2D eigenvalue weighted by Gasteiger charge is -2.10. The van der Waals surface area contributed by atoms with Crippen molar-refractivity contribution in [2.45, 2.75) is 11.3 Å². The van der Waals surface area contributed by atoms with Gasteiger partial charge in [-0.3, -0.25) is 4.79 Å². The van der Waals surface area contributed by atoms with Crippen molar-refractivity contribution in [1.82, 2.24) is 5.32 Å². The number of nitrogens with one attached hydrogen (secondary N) is 2. The molecule has 0 radical (unpaired) electrons. The Kier molecular flexibility index (Phi) is 4.51. The van der Waals surface area contributed by atoms with E-state index in [4.69, 9.17) is 0 Å². The zero-order valence-corrected chi connectivity index (χ0v) is 10.7. The van der Waals surface area contributed by atoms with Crippen LogP contribution in [0, 0.1) is 0 Å². The van der Waals surface area contributed by atoms with E-state index in [1.54, 1.807) is 25.2 Å². The monoisotopic (exact) mass is 256 g/mol. The number of sulfone groups is 1. The van der Waals surface area contributed by atoms with Gasteiger partial charge in [-0.1, -0.05) is 12.1 Å². The van der Waals surface area contributed by atoms with Gasteiger partial charge in [-0.05, 0) is 12.1 Å². The summed E-state index contributed by atoms with van der Waals surface area (Å²) in [5.74, 6) is -0.0886. The lowest BCUT2D eigenvalue weighted by atomic mass is 10.3. The van der Waals surface area contributed by atoms with Crippen molar-refractivity contribution < 1.29 is 13.2 Å². The van der Waals surface area contributed by atoms with Gasteiger partial charge in [0.25, 0.3) is 0 Å². The molecule has 5 nitrogen and oxygen atoms in total. The van der Waals surface area contributed by atoms with E-state index in [2.05, 4.69) is 10.6 Å². The molecule has 0 saturated carbocycles. The van der Waals surface area contributed by atoms with Gasteiger partial charge < -0.3 is 10.6 Å². The highest BCUT2D eigenvalue weighted by Crippen LogP contribution is 2.20. The van der Waals surface area contributed by atoms with Crippen molar-refractivity contribution in [3.8, 4) is 0 Å². The average Bonchev–Trinajstić information content (AvgIpc) is 2.28. The highest BCUT2D eigenvalue weighted by molar-refractivity contribution is 7.90. The predicted molar refractivity (Wildman–Crippen MR) is 66.7 cm³/mol. The average molecular weight is 256 g/mol. The molecule has 6 heteroatoms. The van der Waals surface area contributed by atoms with Crippen LogP contribution in [0.2, 0.25) is 0 Å². The molecule has 0 spiro atoms. The van der Waals surface area contributed by atoms with Gasteiger partial charge in [0.1, 0.15) is 0 Å². The number of benzene rings is 1. The Morgan fingerprint density at radius 3 is 2.53 bits per heavy atom. The molecule has 0 aliphatic heterocycles. The maximum absolute atomic E-state index is 11.5. The van der Waals surface area contributed by atoms with Gasteiger partial charge in [-0.15, -0.1) is 0 Å². The summed E-state index contributed by atoms with van der Waals surface area (Å²) in [5.41, 5.74) is 0.527. The first-order valence-electron chi connectivity index (χ1n) is 5.18. The molecule has 17 heavy (non-hydrogen) atoms. The summed E-state index contributed by atoms with van der Waals surface area (Å²) in [7, 11) is -1.69. The Morgan fingerprint density at radius 1 is 1.29 bits per heavy atom. The summed E-state index contributed by atoms with van der Waals surface area (Å²) in [4.78, 5) is 11.3. The van der Waals surface area contributed by atoms with E-state index in [1.807, 2.05) is 0 Å². The third-order valence-electron chi connectivity index (χ3n) is 2.23. The van der Waals surface area contributed by atoms with Crippen LogP contribution in [0.15, 0.2) is 29.2 Å². The molecule has 0 aliphatic rings. The Morgan fingerprint density at radius 2 is 1.94 bits per heavy atom. The molecular formula is C11H16N2O3S. The lowest BCUT2D eigenvalue weighted by Crippen LogP contribution is -2.21. The number of hydrogen-bond donors (Lipinski definition) is 2. The molecule has 0 atom stereocenters. The smallest absolute Gasteiger partial charge is 0.221 e. The number of rotatable bonds is 5. The second-order valence-electron chi connectivity index (χ2n) is 3.62. The van der Waals surface area contributed by atoms with Crippen LogP contribution in [0.25, 0.3) is 0 Å². The Balaban J connectivity index is 2.75. The minimum absolute atomic E-state index is 0.0886. The van der Waals surface area contributed by atoms with Gasteiger partial charge in [-0.2, -0.15) is 0 Å². The first-order valence-corrected chi connectivity index (χ1v) is 7.08. The van der Waals surface area contributed by atoms with E-state index in [1.165, 1.54) is 6.07 Å². The van der Waals surface area contributed by atoms with E-state index in [0.29, 0.717) is 18.7 Å². The summed E-state index contributed by atoms with van der Waals surface area (Å²) in [5, 5.41) is 5.44. The van der Waals surface area contributed by atoms with Crippen LogP contribution in [0.5, 0.6) is 0 Å². The van der Waals surface area contributed by atoms with Crippen LogP contribution in [0.4, 0.5) is 5.69 Å². The molecule has 2 N–H and O–H groups in total. The minimum atomic E-state index is -3.25. The third-order valence-corrected chi connectivity index (χ3v) is 3.39. The molecule has 0 fully saturated rings. The first-order chi connectivity index (χ1) is 7.95. The van der Waals surface area contributed by atoms with Gasteiger partial charge >= 0.3 is 0 Å². The maximum atomic E-state index is 11.5. The van der Waals surface area contributed by atoms with Gasteiger partial charge in [0.15, 0.2) is 9.84 Å². The SMILES string of the molecule is CNC(=O)CCNc1ccccc1S(C)(=O)=O. The highest BCUT2D eigenvalue weighted by Gasteiger charge is 2.11. The van der Waals surface area contributed by atoms with E-state index in [-0.39, 0.29) is 10.8 Å². The van der Waals surface area contributed by atoms with Gasteiger partial charge in [0.2, 0.25) is 5.91 Å². The standard InChI is InChI=1S/C11H16N2O3S/c1-12-11(14)7-8-13-9-5-3-4-6-10(9)17(2,15)16/h3-6,13H,7-8H2,1-2H3,(H,12,14). The third kappa shape index (κ3) is 4.07.